The first-order valence-corrected chi connectivity index (χ1v) is 3.01. The summed E-state index contributed by atoms with van der Waals surface area (Å²) in [6, 6.07) is -0.416. The van der Waals surface area contributed by atoms with Crippen molar-refractivity contribution in [1.82, 2.24) is 9.97 Å². The van der Waals surface area contributed by atoms with Gasteiger partial charge in [-0.3, -0.25) is 0 Å². The van der Waals surface area contributed by atoms with Crippen molar-refractivity contribution >= 4 is 31.1 Å². The summed E-state index contributed by atoms with van der Waals surface area (Å²) < 4.78 is 0. The van der Waals surface area contributed by atoms with E-state index >= 15 is 0 Å². The maximum Gasteiger partial charge on any atom is 0.137 e. The normalized spacial score (nSPS) is 10.8. The van der Waals surface area contributed by atoms with Crippen LogP contribution in [0.15, 0.2) is 12.5 Å². The maximum absolute atomic E-state index is 10.1. The Morgan fingerprint density at radius 2 is 2.33 bits per heavy atom. The van der Waals surface area contributed by atoms with Gasteiger partial charge in [-0.15, -0.1) is 24.8 Å². The molecule has 6 heteroatoms. The monoisotopic (exact) mass is 211 g/mol. The van der Waals surface area contributed by atoms with Gasteiger partial charge in [0, 0.05) is 18.3 Å². The molecule has 0 aromatic carbocycles. The van der Waals surface area contributed by atoms with Crippen LogP contribution in [0.2, 0.25) is 0 Å². The Hall–Kier alpha value is -0.580. The van der Waals surface area contributed by atoms with Crippen LogP contribution in [0.3, 0.4) is 0 Å². The SMILES string of the molecule is Cl.Cl.N[C@H](C=O)Cc1cnc[nH]1. The number of nitrogens with zero attached hydrogens (tertiary/aromatic N) is 1. The van der Waals surface area contributed by atoms with E-state index in [0.29, 0.717) is 6.42 Å². The van der Waals surface area contributed by atoms with Crippen LogP contribution in [-0.2, 0) is 11.2 Å². The molecular formula is C6H11Cl2N3O. The number of imidazole rings is 1. The fourth-order valence-electron chi connectivity index (χ4n) is 0.698. The summed E-state index contributed by atoms with van der Waals surface area (Å²) in [7, 11) is 0. The summed E-state index contributed by atoms with van der Waals surface area (Å²) in [4.78, 5) is 16.7. The Balaban J connectivity index is 0. The van der Waals surface area contributed by atoms with Crippen LogP contribution in [0.5, 0.6) is 0 Å². The van der Waals surface area contributed by atoms with Crippen molar-refractivity contribution in [2.45, 2.75) is 12.5 Å². The Morgan fingerprint density at radius 3 is 2.75 bits per heavy atom. The largest absolute Gasteiger partial charge is 0.348 e. The topological polar surface area (TPSA) is 71.8 Å². The second-order valence-electron chi connectivity index (χ2n) is 2.08. The molecule has 0 saturated carbocycles. The minimum absolute atomic E-state index is 0. The van der Waals surface area contributed by atoms with Crippen molar-refractivity contribution in [3.05, 3.63) is 18.2 Å². The maximum atomic E-state index is 10.1. The third-order valence-electron chi connectivity index (χ3n) is 1.19. The highest BCUT2D eigenvalue weighted by Gasteiger charge is 2.01. The van der Waals surface area contributed by atoms with E-state index in [1.54, 1.807) is 12.5 Å². The van der Waals surface area contributed by atoms with Crippen LogP contribution in [0.4, 0.5) is 0 Å². The lowest BCUT2D eigenvalue weighted by atomic mass is 10.2. The smallest absolute Gasteiger partial charge is 0.137 e. The van der Waals surface area contributed by atoms with Crippen LogP contribution < -0.4 is 5.73 Å². The molecule has 1 aromatic heterocycles. The lowest BCUT2D eigenvalue weighted by Gasteiger charge is -1.98. The molecule has 1 atom stereocenters. The Morgan fingerprint density at radius 1 is 1.67 bits per heavy atom. The molecule has 0 unspecified atom stereocenters. The van der Waals surface area contributed by atoms with Gasteiger partial charge in [0.25, 0.3) is 0 Å². The van der Waals surface area contributed by atoms with Crippen molar-refractivity contribution in [2.75, 3.05) is 0 Å². The van der Waals surface area contributed by atoms with Crippen LogP contribution in [0.25, 0.3) is 0 Å². The molecule has 3 N–H and O–H groups in total. The van der Waals surface area contributed by atoms with Crippen molar-refractivity contribution in [1.29, 1.82) is 0 Å². The first-order valence-electron chi connectivity index (χ1n) is 3.01. The fraction of sp³-hybridized carbons (Fsp3) is 0.333. The van der Waals surface area contributed by atoms with Crippen LogP contribution in [0, 0.1) is 0 Å². The predicted octanol–water partition coefficient (Wildman–Crippen LogP) is 0.322. The van der Waals surface area contributed by atoms with Gasteiger partial charge in [-0.25, -0.2) is 4.98 Å². The lowest BCUT2D eigenvalue weighted by molar-refractivity contribution is -0.108. The Kier molecular flexibility index (Phi) is 8.26. The van der Waals surface area contributed by atoms with Gasteiger partial charge in [0.15, 0.2) is 0 Å². The average Bonchev–Trinajstić information content (AvgIpc) is 2.40. The highest BCUT2D eigenvalue weighted by Crippen LogP contribution is 1.93. The molecule has 4 nitrogen and oxygen atoms in total. The number of nitrogens with one attached hydrogen (secondary N) is 1. The second kappa shape index (κ2) is 7.09. The number of aromatic amines is 1. The first-order chi connectivity index (χ1) is 4.83. The highest BCUT2D eigenvalue weighted by atomic mass is 35.5. The van der Waals surface area contributed by atoms with Crippen molar-refractivity contribution in [3.63, 3.8) is 0 Å². The number of halogens is 2. The Bertz CT molecular complexity index is 203. The van der Waals surface area contributed by atoms with E-state index in [-0.39, 0.29) is 24.8 Å². The van der Waals surface area contributed by atoms with E-state index in [1.165, 1.54) is 0 Å². The van der Waals surface area contributed by atoms with Gasteiger partial charge in [-0.05, 0) is 0 Å². The van der Waals surface area contributed by atoms with Gasteiger partial charge in [-0.2, -0.15) is 0 Å². The zero-order chi connectivity index (χ0) is 7.40. The standard InChI is InChI=1S/C6H9N3O.2ClH/c7-5(3-10)1-6-2-8-4-9-6;;/h2-5H,1,7H2,(H,8,9);2*1H/t5-;;/m0../s1. The number of hydrogen-bond acceptors (Lipinski definition) is 3. The second-order valence-corrected chi connectivity index (χ2v) is 2.08. The van der Waals surface area contributed by atoms with Gasteiger partial charge in [0.1, 0.15) is 6.29 Å². The number of carbonyl (C=O) groups is 1. The molecule has 70 valence electrons. The van der Waals surface area contributed by atoms with Crippen molar-refractivity contribution in [2.24, 2.45) is 5.73 Å². The quantitative estimate of drug-likeness (QED) is 0.709. The molecule has 0 amide bonds. The first kappa shape index (κ1) is 14.0. The third kappa shape index (κ3) is 4.33. The van der Waals surface area contributed by atoms with Gasteiger partial charge in [0.05, 0.1) is 12.4 Å². The summed E-state index contributed by atoms with van der Waals surface area (Å²) in [6.07, 6.45) is 4.47. The molecule has 0 bridgehead atoms. The summed E-state index contributed by atoms with van der Waals surface area (Å²) in [5.41, 5.74) is 6.24. The number of aromatic nitrogens is 2. The summed E-state index contributed by atoms with van der Waals surface area (Å²) in [5.74, 6) is 0. The number of rotatable bonds is 3. The molecule has 0 saturated heterocycles. The summed E-state index contributed by atoms with van der Waals surface area (Å²) >= 11 is 0. The van der Waals surface area contributed by atoms with E-state index in [4.69, 9.17) is 5.73 Å². The minimum Gasteiger partial charge on any atom is -0.348 e. The Labute approximate surface area is 82.8 Å². The predicted molar refractivity (Wildman–Crippen MR) is 50.8 cm³/mol. The summed E-state index contributed by atoms with van der Waals surface area (Å²) in [5, 5.41) is 0. The molecule has 1 rings (SSSR count). The van der Waals surface area contributed by atoms with E-state index in [9.17, 15) is 4.79 Å². The van der Waals surface area contributed by atoms with Gasteiger partial charge in [-0.1, -0.05) is 0 Å². The molecule has 0 aliphatic rings. The molecule has 0 spiro atoms. The van der Waals surface area contributed by atoms with Crippen LogP contribution >= 0.6 is 24.8 Å². The van der Waals surface area contributed by atoms with Crippen molar-refractivity contribution < 1.29 is 4.79 Å². The van der Waals surface area contributed by atoms with E-state index < -0.39 is 6.04 Å². The molecule has 0 fully saturated rings. The number of hydrogen-bond donors (Lipinski definition) is 2. The average molecular weight is 212 g/mol. The molecular weight excluding hydrogens is 201 g/mol. The third-order valence-corrected chi connectivity index (χ3v) is 1.19. The highest BCUT2D eigenvalue weighted by molar-refractivity contribution is 5.85. The molecule has 12 heavy (non-hydrogen) atoms. The number of carbonyl (C=O) groups excluding carboxylic acids is 1. The van der Waals surface area contributed by atoms with E-state index in [1.807, 2.05) is 0 Å². The molecule has 0 aliphatic carbocycles. The summed E-state index contributed by atoms with van der Waals surface area (Å²) in [6.45, 7) is 0. The fourth-order valence-corrected chi connectivity index (χ4v) is 0.698. The van der Waals surface area contributed by atoms with E-state index in [2.05, 4.69) is 9.97 Å². The molecule has 1 aromatic rings. The number of nitrogens with two attached hydrogens (primary N) is 1. The number of aldehydes is 1. The minimum atomic E-state index is -0.416. The zero-order valence-corrected chi connectivity index (χ0v) is 7.90. The van der Waals surface area contributed by atoms with Crippen molar-refractivity contribution in [3.8, 4) is 0 Å². The van der Waals surface area contributed by atoms with Gasteiger partial charge < -0.3 is 15.5 Å². The lowest BCUT2D eigenvalue weighted by Crippen LogP contribution is -2.24. The van der Waals surface area contributed by atoms with E-state index in [0.717, 1.165) is 12.0 Å². The molecule has 0 radical (unpaired) electrons. The molecule has 1 heterocycles. The van der Waals surface area contributed by atoms with Crippen LogP contribution in [-0.4, -0.2) is 22.3 Å². The van der Waals surface area contributed by atoms with Gasteiger partial charge in [0.2, 0.25) is 0 Å². The molecule has 0 aliphatic heterocycles. The zero-order valence-electron chi connectivity index (χ0n) is 6.27. The number of H-pyrrole nitrogens is 1. The van der Waals surface area contributed by atoms with Crippen LogP contribution in [0.1, 0.15) is 5.69 Å². The van der Waals surface area contributed by atoms with Gasteiger partial charge >= 0.3 is 0 Å².